The van der Waals surface area contributed by atoms with Crippen molar-refractivity contribution in [2.75, 3.05) is 13.6 Å². The number of carbonyl (C=O) groups excluding carboxylic acids is 1. The lowest BCUT2D eigenvalue weighted by molar-refractivity contribution is 0.0938. The second-order valence-corrected chi connectivity index (χ2v) is 9.56. The van der Waals surface area contributed by atoms with E-state index in [0.717, 1.165) is 38.5 Å². The molecule has 0 aliphatic carbocycles. The minimum Gasteiger partial charge on any atom is -0.489 e. The summed E-state index contributed by atoms with van der Waals surface area (Å²) in [6.07, 6.45) is 0.712. The van der Waals surface area contributed by atoms with E-state index in [9.17, 15) is 9.59 Å². The first kappa shape index (κ1) is 22.2. The number of benzene rings is 2. The molecule has 4 aromatic rings. The Morgan fingerprint density at radius 2 is 2.03 bits per heavy atom. The average molecular weight is 476 g/mol. The van der Waals surface area contributed by atoms with Gasteiger partial charge >= 0.3 is 4.87 Å². The third kappa shape index (κ3) is 4.71. The Morgan fingerprint density at radius 1 is 1.24 bits per heavy atom. The van der Waals surface area contributed by atoms with Gasteiger partial charge in [-0.2, -0.15) is 5.10 Å². The SMILES string of the molecule is Cc1cc(COc2ccc(C(=O)N[C@H]3CC(c4n[nH]c(=O)s4)N(C)C3)cc2)c2ccccc2n1. The first-order valence-corrected chi connectivity index (χ1v) is 11.9. The predicted molar refractivity (Wildman–Crippen MR) is 131 cm³/mol. The summed E-state index contributed by atoms with van der Waals surface area (Å²) in [5, 5.41) is 11.5. The summed E-state index contributed by atoms with van der Waals surface area (Å²) >= 11 is 1.12. The molecule has 2 aromatic heterocycles. The van der Waals surface area contributed by atoms with E-state index >= 15 is 0 Å². The van der Waals surface area contributed by atoms with Crippen LogP contribution in [0.2, 0.25) is 0 Å². The molecule has 174 valence electrons. The molecule has 2 N–H and O–H groups in total. The third-order valence-electron chi connectivity index (χ3n) is 6.06. The van der Waals surface area contributed by atoms with Crippen molar-refractivity contribution in [1.29, 1.82) is 0 Å². The highest BCUT2D eigenvalue weighted by atomic mass is 32.1. The summed E-state index contributed by atoms with van der Waals surface area (Å²) in [6, 6.07) is 17.3. The molecule has 1 saturated heterocycles. The molecular formula is C25H25N5O3S. The fourth-order valence-corrected chi connectivity index (χ4v) is 5.21. The number of ether oxygens (including phenoxy) is 1. The van der Waals surface area contributed by atoms with Crippen molar-refractivity contribution in [1.82, 2.24) is 25.4 Å². The zero-order valence-corrected chi connectivity index (χ0v) is 19.8. The number of fused-ring (bicyclic) bond motifs is 1. The highest BCUT2D eigenvalue weighted by Gasteiger charge is 2.33. The zero-order chi connectivity index (χ0) is 23.7. The maximum absolute atomic E-state index is 12.8. The smallest absolute Gasteiger partial charge is 0.322 e. The summed E-state index contributed by atoms with van der Waals surface area (Å²) in [6.45, 7) is 3.10. The fourth-order valence-electron chi connectivity index (χ4n) is 4.42. The van der Waals surface area contributed by atoms with Crippen LogP contribution in [-0.2, 0) is 6.61 Å². The molecule has 0 spiro atoms. The fraction of sp³-hybridized carbons (Fsp3) is 0.280. The molecule has 9 heteroatoms. The van der Waals surface area contributed by atoms with Crippen LogP contribution in [0.1, 0.15) is 39.1 Å². The maximum atomic E-state index is 12.8. The van der Waals surface area contributed by atoms with Gasteiger partial charge in [0.2, 0.25) is 0 Å². The Kier molecular flexibility index (Phi) is 6.12. The molecular weight excluding hydrogens is 450 g/mol. The lowest BCUT2D eigenvalue weighted by atomic mass is 10.1. The molecule has 5 rings (SSSR count). The number of rotatable bonds is 6. The molecule has 1 aliphatic heterocycles. The summed E-state index contributed by atoms with van der Waals surface area (Å²) in [5.41, 5.74) is 3.56. The van der Waals surface area contributed by atoms with Gasteiger partial charge in [-0.1, -0.05) is 29.5 Å². The topological polar surface area (TPSA) is 100 Å². The molecule has 1 aliphatic rings. The summed E-state index contributed by atoms with van der Waals surface area (Å²) in [4.78, 5) is 30.7. The average Bonchev–Trinajstić information content (AvgIpc) is 3.42. The van der Waals surface area contributed by atoms with Crippen molar-refractivity contribution >= 4 is 28.1 Å². The van der Waals surface area contributed by atoms with Gasteiger partial charge in [0, 0.05) is 34.8 Å². The van der Waals surface area contributed by atoms with Gasteiger partial charge in [0.1, 0.15) is 17.4 Å². The Morgan fingerprint density at radius 3 is 2.79 bits per heavy atom. The van der Waals surface area contributed by atoms with E-state index in [2.05, 4.69) is 25.4 Å². The monoisotopic (exact) mass is 475 g/mol. The summed E-state index contributed by atoms with van der Waals surface area (Å²) < 4.78 is 6.00. The van der Waals surface area contributed by atoms with Crippen molar-refractivity contribution < 1.29 is 9.53 Å². The number of para-hydroxylation sites is 1. The van der Waals surface area contributed by atoms with Crippen LogP contribution in [0, 0.1) is 6.92 Å². The predicted octanol–water partition coefficient (Wildman–Crippen LogP) is 3.44. The summed E-state index contributed by atoms with van der Waals surface area (Å²) in [7, 11) is 1.97. The van der Waals surface area contributed by atoms with E-state index in [0.29, 0.717) is 30.9 Å². The van der Waals surface area contributed by atoms with Crippen molar-refractivity contribution in [3.63, 3.8) is 0 Å². The number of carbonyl (C=O) groups is 1. The van der Waals surface area contributed by atoms with E-state index in [1.54, 1.807) is 12.1 Å². The first-order valence-electron chi connectivity index (χ1n) is 11.1. The molecule has 8 nitrogen and oxygen atoms in total. The molecule has 1 amide bonds. The largest absolute Gasteiger partial charge is 0.489 e. The molecule has 3 heterocycles. The van der Waals surface area contributed by atoms with E-state index in [1.807, 2.05) is 56.4 Å². The lowest BCUT2D eigenvalue weighted by Gasteiger charge is -2.15. The van der Waals surface area contributed by atoms with Crippen molar-refractivity contribution in [2.45, 2.75) is 32.0 Å². The number of likely N-dealkylation sites (N-methyl/N-ethyl adjacent to an activating group) is 1. The van der Waals surface area contributed by atoms with Crippen LogP contribution in [0.5, 0.6) is 5.75 Å². The van der Waals surface area contributed by atoms with Crippen LogP contribution in [0.15, 0.2) is 59.4 Å². The van der Waals surface area contributed by atoms with Crippen LogP contribution in [0.3, 0.4) is 0 Å². The number of hydrogen-bond donors (Lipinski definition) is 2. The molecule has 2 aromatic carbocycles. The van der Waals surface area contributed by atoms with Gasteiger partial charge in [-0.05, 0) is 56.8 Å². The highest BCUT2D eigenvalue weighted by Crippen LogP contribution is 2.30. The number of H-pyrrole nitrogens is 1. The summed E-state index contributed by atoms with van der Waals surface area (Å²) in [5.74, 6) is 0.570. The number of pyridine rings is 1. The molecule has 0 bridgehead atoms. The Bertz CT molecular complexity index is 1380. The van der Waals surface area contributed by atoms with Gasteiger partial charge in [0.05, 0.1) is 11.6 Å². The van der Waals surface area contributed by atoms with E-state index in [4.69, 9.17) is 4.74 Å². The molecule has 34 heavy (non-hydrogen) atoms. The van der Waals surface area contributed by atoms with Crippen LogP contribution in [0.25, 0.3) is 10.9 Å². The van der Waals surface area contributed by atoms with Crippen LogP contribution >= 0.6 is 11.3 Å². The molecule has 1 fully saturated rings. The minimum absolute atomic E-state index is 0.0133. The molecule has 0 radical (unpaired) electrons. The normalized spacial score (nSPS) is 18.3. The van der Waals surface area contributed by atoms with Gasteiger partial charge in [-0.25, -0.2) is 5.10 Å². The van der Waals surface area contributed by atoms with Gasteiger partial charge < -0.3 is 10.1 Å². The zero-order valence-electron chi connectivity index (χ0n) is 18.9. The molecule has 1 unspecified atom stereocenters. The van der Waals surface area contributed by atoms with Crippen molar-refractivity contribution in [3.05, 3.63) is 86.1 Å². The molecule has 0 saturated carbocycles. The second-order valence-electron chi connectivity index (χ2n) is 8.57. The Balaban J connectivity index is 1.20. The number of amides is 1. The number of likely N-dealkylation sites (tertiary alicyclic amines) is 1. The number of nitrogens with zero attached hydrogens (tertiary/aromatic N) is 3. The van der Waals surface area contributed by atoms with Gasteiger partial charge in [0.15, 0.2) is 0 Å². The van der Waals surface area contributed by atoms with E-state index in [-0.39, 0.29) is 22.9 Å². The van der Waals surface area contributed by atoms with Gasteiger partial charge in [0.25, 0.3) is 5.91 Å². The lowest BCUT2D eigenvalue weighted by Crippen LogP contribution is -2.36. The van der Waals surface area contributed by atoms with Gasteiger partial charge in [-0.15, -0.1) is 0 Å². The van der Waals surface area contributed by atoms with Gasteiger partial charge in [-0.3, -0.25) is 19.5 Å². The van der Waals surface area contributed by atoms with Crippen LogP contribution in [-0.4, -0.2) is 45.6 Å². The Hall–Kier alpha value is -3.56. The second kappa shape index (κ2) is 9.36. The third-order valence-corrected chi connectivity index (χ3v) is 6.91. The highest BCUT2D eigenvalue weighted by molar-refractivity contribution is 7.08. The number of aromatic nitrogens is 3. The minimum atomic E-state index is -0.162. The van der Waals surface area contributed by atoms with Crippen molar-refractivity contribution in [3.8, 4) is 5.75 Å². The Labute approximate surface area is 200 Å². The van der Waals surface area contributed by atoms with E-state index in [1.165, 1.54) is 0 Å². The first-order chi connectivity index (χ1) is 16.5. The number of aromatic amines is 1. The standard InChI is InChI=1S/C25H25N5O3S/c1-15-11-17(20-5-3-4-6-21(20)26-15)14-33-19-9-7-16(8-10-19)23(31)27-18-12-22(30(2)13-18)24-28-29-25(32)34-24/h3-11,18,22H,12-14H2,1-2H3,(H,27,31)(H,29,32)/t18-,22?/m0/s1. The number of aryl methyl sites for hydroxylation is 1. The van der Waals surface area contributed by atoms with Crippen LogP contribution < -0.4 is 14.9 Å². The molecule has 2 atom stereocenters. The van der Waals surface area contributed by atoms with Crippen LogP contribution in [0.4, 0.5) is 0 Å². The quantitative estimate of drug-likeness (QED) is 0.443. The van der Waals surface area contributed by atoms with Crippen molar-refractivity contribution in [2.24, 2.45) is 0 Å². The number of hydrogen-bond acceptors (Lipinski definition) is 7. The maximum Gasteiger partial charge on any atom is 0.322 e. The number of nitrogens with one attached hydrogen (secondary N) is 2. The van der Waals surface area contributed by atoms with E-state index < -0.39 is 0 Å².